The van der Waals surface area contributed by atoms with Crippen LogP contribution in [0.4, 0.5) is 10.5 Å². The molecule has 0 bridgehead atoms. The van der Waals surface area contributed by atoms with Crippen molar-refractivity contribution in [2.45, 2.75) is 20.3 Å². The number of nitrogens with two attached hydrogens (primary N) is 1. The predicted octanol–water partition coefficient (Wildman–Crippen LogP) is 2.13. The van der Waals surface area contributed by atoms with Gasteiger partial charge in [-0.25, -0.2) is 4.79 Å². The van der Waals surface area contributed by atoms with Gasteiger partial charge in [0.1, 0.15) is 0 Å². The van der Waals surface area contributed by atoms with E-state index >= 15 is 0 Å². The van der Waals surface area contributed by atoms with E-state index in [2.05, 4.69) is 17.2 Å². The summed E-state index contributed by atoms with van der Waals surface area (Å²) in [5.41, 5.74) is 8.00. The van der Waals surface area contributed by atoms with E-state index in [1.54, 1.807) is 6.92 Å². The summed E-state index contributed by atoms with van der Waals surface area (Å²) >= 11 is 0. The minimum atomic E-state index is -0.437. The van der Waals surface area contributed by atoms with Crippen LogP contribution >= 0.6 is 0 Å². The van der Waals surface area contributed by atoms with E-state index in [1.807, 2.05) is 25.1 Å². The van der Waals surface area contributed by atoms with Gasteiger partial charge in [-0.3, -0.25) is 5.32 Å². The predicted molar refractivity (Wildman–Crippen MR) is 72.4 cm³/mol. The number of aryl methyl sites for hydroxylation is 1. The van der Waals surface area contributed by atoms with Crippen LogP contribution in [-0.2, 0) is 11.2 Å². The molecule has 0 fully saturated rings. The van der Waals surface area contributed by atoms with E-state index < -0.39 is 6.09 Å². The van der Waals surface area contributed by atoms with Crippen molar-refractivity contribution in [1.29, 1.82) is 0 Å². The average molecular weight is 246 g/mol. The zero-order valence-corrected chi connectivity index (χ0v) is 10.7. The SMILES string of the molecule is CCOC(=O)Nc1ccc(C#CCN)cc1CC. The normalized spacial score (nSPS) is 9.28. The Morgan fingerprint density at radius 2 is 2.22 bits per heavy atom. The molecule has 0 saturated carbocycles. The van der Waals surface area contributed by atoms with Crippen molar-refractivity contribution in [2.24, 2.45) is 5.73 Å². The van der Waals surface area contributed by atoms with E-state index in [-0.39, 0.29) is 0 Å². The van der Waals surface area contributed by atoms with Crippen molar-refractivity contribution in [3.8, 4) is 11.8 Å². The molecule has 0 unspecified atom stereocenters. The Kier molecular flexibility index (Phi) is 5.75. The lowest BCUT2D eigenvalue weighted by Gasteiger charge is -2.10. The number of benzene rings is 1. The van der Waals surface area contributed by atoms with Crippen LogP contribution in [0.3, 0.4) is 0 Å². The molecule has 0 spiro atoms. The second-order valence-electron chi connectivity index (χ2n) is 3.58. The highest BCUT2D eigenvalue weighted by atomic mass is 16.5. The zero-order valence-electron chi connectivity index (χ0n) is 10.7. The van der Waals surface area contributed by atoms with Gasteiger partial charge in [0.15, 0.2) is 0 Å². The molecule has 96 valence electrons. The highest BCUT2D eigenvalue weighted by Gasteiger charge is 2.06. The Balaban J connectivity index is 2.89. The van der Waals surface area contributed by atoms with Crippen molar-refractivity contribution in [3.05, 3.63) is 29.3 Å². The standard InChI is InChI=1S/C14H18N2O2/c1-3-12-10-11(6-5-9-15)7-8-13(12)16-14(17)18-4-2/h7-8,10H,3-4,9,15H2,1-2H3,(H,16,17). The molecule has 0 aliphatic rings. The second-order valence-corrected chi connectivity index (χ2v) is 3.58. The number of hydrogen-bond acceptors (Lipinski definition) is 3. The van der Waals surface area contributed by atoms with E-state index in [0.717, 1.165) is 23.2 Å². The van der Waals surface area contributed by atoms with Crippen molar-refractivity contribution in [2.75, 3.05) is 18.5 Å². The fourth-order valence-electron chi connectivity index (χ4n) is 1.52. The molecule has 4 heteroatoms. The van der Waals surface area contributed by atoms with Crippen LogP contribution < -0.4 is 11.1 Å². The fraction of sp³-hybridized carbons (Fsp3) is 0.357. The van der Waals surface area contributed by atoms with Crippen LogP contribution in [0.1, 0.15) is 25.0 Å². The number of anilines is 1. The van der Waals surface area contributed by atoms with Gasteiger partial charge in [0.05, 0.1) is 13.2 Å². The van der Waals surface area contributed by atoms with Gasteiger partial charge in [-0.1, -0.05) is 18.8 Å². The van der Waals surface area contributed by atoms with Crippen molar-refractivity contribution < 1.29 is 9.53 Å². The first-order valence-electron chi connectivity index (χ1n) is 5.96. The third kappa shape index (κ3) is 4.11. The third-order valence-corrected chi connectivity index (χ3v) is 2.33. The second kappa shape index (κ2) is 7.36. The molecule has 1 aromatic carbocycles. The highest BCUT2D eigenvalue weighted by Crippen LogP contribution is 2.18. The van der Waals surface area contributed by atoms with Crippen LogP contribution in [0.5, 0.6) is 0 Å². The van der Waals surface area contributed by atoms with E-state index in [1.165, 1.54) is 0 Å². The van der Waals surface area contributed by atoms with Crippen LogP contribution in [-0.4, -0.2) is 19.2 Å². The maximum absolute atomic E-state index is 11.4. The van der Waals surface area contributed by atoms with Gasteiger partial charge in [0, 0.05) is 11.3 Å². The van der Waals surface area contributed by atoms with Gasteiger partial charge in [-0.15, -0.1) is 0 Å². The molecule has 0 aliphatic heterocycles. The van der Waals surface area contributed by atoms with Crippen molar-refractivity contribution in [1.82, 2.24) is 0 Å². The summed E-state index contributed by atoms with van der Waals surface area (Å²) in [6.07, 6.45) is 0.368. The summed E-state index contributed by atoms with van der Waals surface area (Å²) in [5, 5.41) is 2.71. The van der Waals surface area contributed by atoms with Gasteiger partial charge in [-0.2, -0.15) is 0 Å². The molecule has 0 saturated heterocycles. The van der Waals surface area contributed by atoms with Crippen LogP contribution in [0.25, 0.3) is 0 Å². The Hall–Kier alpha value is -1.99. The number of amides is 1. The van der Waals surface area contributed by atoms with Crippen molar-refractivity contribution in [3.63, 3.8) is 0 Å². The van der Waals surface area contributed by atoms with E-state index in [0.29, 0.717) is 13.2 Å². The molecule has 4 nitrogen and oxygen atoms in total. The first kappa shape index (κ1) is 14.1. The van der Waals surface area contributed by atoms with Crippen LogP contribution in [0.2, 0.25) is 0 Å². The average Bonchev–Trinajstić information content (AvgIpc) is 2.37. The maximum atomic E-state index is 11.4. The highest BCUT2D eigenvalue weighted by molar-refractivity contribution is 5.85. The van der Waals surface area contributed by atoms with Gasteiger partial charge >= 0.3 is 6.09 Å². The van der Waals surface area contributed by atoms with Gasteiger partial charge in [0.2, 0.25) is 0 Å². The Morgan fingerprint density at radius 1 is 1.44 bits per heavy atom. The maximum Gasteiger partial charge on any atom is 0.411 e. The number of carbonyl (C=O) groups excluding carboxylic acids is 1. The summed E-state index contributed by atoms with van der Waals surface area (Å²) in [4.78, 5) is 11.4. The molecule has 3 N–H and O–H groups in total. The molecule has 1 aromatic rings. The zero-order chi connectivity index (χ0) is 13.4. The monoisotopic (exact) mass is 246 g/mol. The van der Waals surface area contributed by atoms with Crippen molar-refractivity contribution >= 4 is 11.8 Å². The molecule has 1 rings (SSSR count). The summed E-state index contributed by atoms with van der Waals surface area (Å²) in [7, 11) is 0. The lowest BCUT2D eigenvalue weighted by molar-refractivity contribution is 0.168. The largest absolute Gasteiger partial charge is 0.450 e. The number of rotatable bonds is 3. The number of nitrogens with one attached hydrogen (secondary N) is 1. The molecule has 0 atom stereocenters. The van der Waals surface area contributed by atoms with Gasteiger partial charge in [0.25, 0.3) is 0 Å². The summed E-state index contributed by atoms with van der Waals surface area (Å²) in [5.74, 6) is 5.77. The van der Waals surface area contributed by atoms with Crippen LogP contribution in [0, 0.1) is 11.8 Å². The molecule has 0 radical (unpaired) electrons. The quantitative estimate of drug-likeness (QED) is 0.803. The third-order valence-electron chi connectivity index (χ3n) is 2.33. The Morgan fingerprint density at radius 3 is 2.83 bits per heavy atom. The molecular formula is C14H18N2O2. The first-order chi connectivity index (χ1) is 8.71. The molecular weight excluding hydrogens is 228 g/mol. The number of hydrogen-bond donors (Lipinski definition) is 2. The molecule has 0 aromatic heterocycles. The molecule has 0 heterocycles. The summed E-state index contributed by atoms with van der Waals surface area (Å²) < 4.78 is 4.85. The summed E-state index contributed by atoms with van der Waals surface area (Å²) in [6, 6.07) is 5.63. The molecule has 0 aliphatic carbocycles. The van der Waals surface area contributed by atoms with Gasteiger partial charge < -0.3 is 10.5 Å². The summed E-state index contributed by atoms with van der Waals surface area (Å²) in [6.45, 7) is 4.48. The number of carbonyl (C=O) groups is 1. The number of ether oxygens (including phenoxy) is 1. The Bertz CT molecular complexity index is 472. The first-order valence-corrected chi connectivity index (χ1v) is 5.96. The van der Waals surface area contributed by atoms with Gasteiger partial charge in [-0.05, 0) is 37.1 Å². The minimum Gasteiger partial charge on any atom is -0.450 e. The lowest BCUT2D eigenvalue weighted by Crippen LogP contribution is -2.14. The smallest absolute Gasteiger partial charge is 0.411 e. The van der Waals surface area contributed by atoms with E-state index in [9.17, 15) is 4.79 Å². The minimum absolute atomic E-state index is 0.338. The van der Waals surface area contributed by atoms with Crippen LogP contribution in [0.15, 0.2) is 18.2 Å². The fourth-order valence-corrected chi connectivity index (χ4v) is 1.52. The topological polar surface area (TPSA) is 64.3 Å². The Labute approximate surface area is 108 Å². The van der Waals surface area contributed by atoms with E-state index in [4.69, 9.17) is 10.5 Å². The molecule has 18 heavy (non-hydrogen) atoms. The molecule has 1 amide bonds. The lowest BCUT2D eigenvalue weighted by atomic mass is 10.1.